The van der Waals surface area contributed by atoms with Crippen molar-refractivity contribution in [3.63, 3.8) is 0 Å². The fraction of sp³-hybridized carbons (Fsp3) is 0.273. The standard InChI is InChI=1S/C22H22ClN3O6/c1-13-16(23)7-5-8-17(13)24-19(27)12-32-22(30)14-10-20(28)26(11-14)25-21(29)15-6-3-4-9-18(15)31-2/h3-9,14H,10-12H2,1-2H3,(H,24,27)(H,25,29)/t14-/m1/s1. The number of para-hydroxylation sites is 1. The Balaban J connectivity index is 1.52. The molecule has 1 heterocycles. The Bertz CT molecular complexity index is 1060. The van der Waals surface area contributed by atoms with Gasteiger partial charge < -0.3 is 14.8 Å². The third-order valence-corrected chi connectivity index (χ3v) is 5.34. The van der Waals surface area contributed by atoms with E-state index in [1.165, 1.54) is 7.11 Å². The van der Waals surface area contributed by atoms with E-state index >= 15 is 0 Å². The number of amides is 3. The lowest BCUT2D eigenvalue weighted by molar-refractivity contribution is -0.151. The number of anilines is 1. The van der Waals surface area contributed by atoms with E-state index in [4.69, 9.17) is 21.1 Å². The minimum absolute atomic E-state index is 0.0619. The topological polar surface area (TPSA) is 114 Å². The van der Waals surface area contributed by atoms with E-state index in [2.05, 4.69) is 10.7 Å². The molecule has 0 aromatic heterocycles. The molecule has 32 heavy (non-hydrogen) atoms. The van der Waals surface area contributed by atoms with Crippen LogP contribution >= 0.6 is 11.6 Å². The van der Waals surface area contributed by atoms with Gasteiger partial charge in [-0.1, -0.05) is 29.8 Å². The minimum atomic E-state index is -0.804. The summed E-state index contributed by atoms with van der Waals surface area (Å²) in [6, 6.07) is 11.6. The van der Waals surface area contributed by atoms with Gasteiger partial charge in [-0.3, -0.25) is 29.6 Å². The van der Waals surface area contributed by atoms with Crippen molar-refractivity contribution < 1.29 is 28.7 Å². The zero-order valence-electron chi connectivity index (χ0n) is 17.5. The van der Waals surface area contributed by atoms with Crippen LogP contribution in [0.5, 0.6) is 5.75 Å². The normalized spacial score (nSPS) is 15.3. The Morgan fingerprint density at radius 1 is 1.16 bits per heavy atom. The van der Waals surface area contributed by atoms with E-state index in [-0.39, 0.29) is 18.5 Å². The van der Waals surface area contributed by atoms with Crippen molar-refractivity contribution in [1.82, 2.24) is 10.4 Å². The largest absolute Gasteiger partial charge is 0.496 e. The lowest BCUT2D eigenvalue weighted by atomic mass is 10.1. The monoisotopic (exact) mass is 459 g/mol. The lowest BCUT2D eigenvalue weighted by Gasteiger charge is -2.18. The molecule has 2 aromatic carbocycles. The molecule has 2 N–H and O–H groups in total. The van der Waals surface area contributed by atoms with Crippen LogP contribution in [0.15, 0.2) is 42.5 Å². The van der Waals surface area contributed by atoms with Gasteiger partial charge in [-0.05, 0) is 36.8 Å². The molecule has 1 aliphatic heterocycles. The van der Waals surface area contributed by atoms with Crippen LogP contribution < -0.4 is 15.5 Å². The molecule has 1 fully saturated rings. The first-order valence-corrected chi connectivity index (χ1v) is 10.1. The average Bonchev–Trinajstić information content (AvgIpc) is 3.15. The van der Waals surface area contributed by atoms with Gasteiger partial charge in [0.05, 0.1) is 25.1 Å². The highest BCUT2D eigenvalue weighted by Crippen LogP contribution is 2.23. The van der Waals surface area contributed by atoms with E-state index in [0.717, 1.165) is 5.01 Å². The summed E-state index contributed by atoms with van der Waals surface area (Å²) >= 11 is 6.02. The summed E-state index contributed by atoms with van der Waals surface area (Å²) in [7, 11) is 1.43. The van der Waals surface area contributed by atoms with Crippen LogP contribution in [0.3, 0.4) is 0 Å². The molecular formula is C22H22ClN3O6. The molecule has 0 saturated carbocycles. The van der Waals surface area contributed by atoms with E-state index < -0.39 is 36.2 Å². The van der Waals surface area contributed by atoms with Gasteiger partial charge in [0.1, 0.15) is 5.75 Å². The quantitative estimate of drug-likeness (QED) is 0.614. The number of hydrogen-bond donors (Lipinski definition) is 2. The molecule has 1 saturated heterocycles. The maximum Gasteiger partial charge on any atom is 0.311 e. The van der Waals surface area contributed by atoms with Gasteiger partial charge in [0.2, 0.25) is 5.91 Å². The summed E-state index contributed by atoms with van der Waals surface area (Å²) in [6.07, 6.45) is -0.139. The van der Waals surface area contributed by atoms with Gasteiger partial charge in [0.25, 0.3) is 11.8 Å². The Morgan fingerprint density at radius 2 is 1.91 bits per heavy atom. The van der Waals surface area contributed by atoms with Crippen molar-refractivity contribution in [2.24, 2.45) is 5.92 Å². The number of rotatable bonds is 7. The molecule has 1 aliphatic rings. The van der Waals surface area contributed by atoms with Crippen LogP contribution in [0, 0.1) is 12.8 Å². The molecule has 9 nitrogen and oxygen atoms in total. The molecular weight excluding hydrogens is 438 g/mol. The smallest absolute Gasteiger partial charge is 0.311 e. The average molecular weight is 460 g/mol. The summed E-state index contributed by atoms with van der Waals surface area (Å²) < 4.78 is 10.2. The molecule has 1 atom stereocenters. The number of nitrogens with one attached hydrogen (secondary N) is 2. The fourth-order valence-electron chi connectivity index (χ4n) is 3.17. The Labute approximate surface area is 189 Å². The SMILES string of the molecule is COc1ccccc1C(=O)NN1C[C@H](C(=O)OCC(=O)Nc2cccc(Cl)c2C)CC1=O. The van der Waals surface area contributed by atoms with Crippen molar-refractivity contribution in [2.75, 3.05) is 25.6 Å². The Morgan fingerprint density at radius 3 is 2.66 bits per heavy atom. The zero-order valence-corrected chi connectivity index (χ0v) is 18.3. The van der Waals surface area contributed by atoms with Crippen LogP contribution in [0.2, 0.25) is 5.02 Å². The third kappa shape index (κ3) is 5.36. The second-order valence-electron chi connectivity index (χ2n) is 7.11. The van der Waals surface area contributed by atoms with Gasteiger partial charge in [-0.25, -0.2) is 0 Å². The highest BCUT2D eigenvalue weighted by molar-refractivity contribution is 6.31. The Hall–Kier alpha value is -3.59. The number of carbonyl (C=O) groups excluding carboxylic acids is 4. The number of halogens is 1. The van der Waals surface area contributed by atoms with Crippen LogP contribution in [0.25, 0.3) is 0 Å². The lowest BCUT2D eigenvalue weighted by Crippen LogP contribution is -2.43. The highest BCUT2D eigenvalue weighted by atomic mass is 35.5. The van der Waals surface area contributed by atoms with E-state index in [9.17, 15) is 19.2 Å². The van der Waals surface area contributed by atoms with Gasteiger partial charge in [-0.15, -0.1) is 0 Å². The molecule has 0 radical (unpaired) electrons. The van der Waals surface area contributed by atoms with Crippen LogP contribution in [-0.2, 0) is 19.1 Å². The minimum Gasteiger partial charge on any atom is -0.496 e. The van der Waals surface area contributed by atoms with E-state index in [0.29, 0.717) is 22.0 Å². The first-order valence-electron chi connectivity index (χ1n) is 9.76. The predicted octanol–water partition coefficient (Wildman–Crippen LogP) is 2.33. The number of carbonyl (C=O) groups is 4. The summed E-state index contributed by atoms with van der Waals surface area (Å²) in [5.41, 5.74) is 3.94. The first kappa shape index (κ1) is 23.1. The maximum absolute atomic E-state index is 12.5. The summed E-state index contributed by atoms with van der Waals surface area (Å²) in [5.74, 6) is -2.66. The fourth-order valence-corrected chi connectivity index (χ4v) is 3.35. The number of hydrazine groups is 1. The second-order valence-corrected chi connectivity index (χ2v) is 7.52. The van der Waals surface area contributed by atoms with Gasteiger partial charge >= 0.3 is 5.97 Å². The number of nitrogens with zero attached hydrogens (tertiary/aromatic N) is 1. The van der Waals surface area contributed by atoms with Crippen molar-refractivity contribution in [3.05, 3.63) is 58.6 Å². The maximum atomic E-state index is 12.5. The molecule has 168 valence electrons. The highest BCUT2D eigenvalue weighted by Gasteiger charge is 2.37. The van der Waals surface area contributed by atoms with Crippen molar-refractivity contribution in [1.29, 1.82) is 0 Å². The molecule has 3 amide bonds. The molecule has 0 unspecified atom stereocenters. The third-order valence-electron chi connectivity index (χ3n) is 4.93. The number of esters is 1. The summed E-state index contributed by atoms with van der Waals surface area (Å²) in [5, 5.41) is 4.19. The van der Waals surface area contributed by atoms with Gasteiger partial charge in [0.15, 0.2) is 6.61 Å². The van der Waals surface area contributed by atoms with Crippen molar-refractivity contribution in [2.45, 2.75) is 13.3 Å². The van der Waals surface area contributed by atoms with Crippen LogP contribution in [0.1, 0.15) is 22.3 Å². The molecule has 2 aromatic rings. The molecule has 0 bridgehead atoms. The number of ether oxygens (including phenoxy) is 2. The van der Waals surface area contributed by atoms with Crippen LogP contribution in [0.4, 0.5) is 5.69 Å². The van der Waals surface area contributed by atoms with Gasteiger partial charge in [0, 0.05) is 17.1 Å². The van der Waals surface area contributed by atoms with Crippen molar-refractivity contribution >= 4 is 41.0 Å². The van der Waals surface area contributed by atoms with Crippen LogP contribution in [-0.4, -0.2) is 49.0 Å². The molecule has 3 rings (SSSR count). The number of benzene rings is 2. The zero-order chi connectivity index (χ0) is 23.3. The van der Waals surface area contributed by atoms with E-state index in [1.807, 2.05) is 0 Å². The first-order chi connectivity index (χ1) is 15.3. The molecule has 0 spiro atoms. The Kier molecular flexibility index (Phi) is 7.32. The van der Waals surface area contributed by atoms with Crippen molar-refractivity contribution in [3.8, 4) is 5.75 Å². The van der Waals surface area contributed by atoms with E-state index in [1.54, 1.807) is 49.4 Å². The molecule has 10 heteroatoms. The summed E-state index contributed by atoms with van der Waals surface area (Å²) in [6.45, 7) is 1.18. The number of hydrogen-bond acceptors (Lipinski definition) is 6. The predicted molar refractivity (Wildman–Crippen MR) is 116 cm³/mol. The summed E-state index contributed by atoms with van der Waals surface area (Å²) in [4.78, 5) is 49.2. The molecule has 0 aliphatic carbocycles. The second kappa shape index (κ2) is 10.1. The van der Waals surface area contributed by atoms with Gasteiger partial charge in [-0.2, -0.15) is 0 Å². The number of methoxy groups -OCH3 is 1.